The molecule has 0 spiro atoms. The van der Waals surface area contributed by atoms with Crippen LogP contribution in [0, 0.1) is 0 Å². The van der Waals surface area contributed by atoms with Gasteiger partial charge in [-0.05, 0) is 17.7 Å². The second-order valence-corrected chi connectivity index (χ2v) is 4.77. The van der Waals surface area contributed by atoms with Gasteiger partial charge in [-0.2, -0.15) is 0 Å². The van der Waals surface area contributed by atoms with E-state index < -0.39 is 0 Å². The van der Waals surface area contributed by atoms with E-state index in [1.54, 1.807) is 18.9 Å². The highest BCUT2D eigenvalue weighted by atomic mass is 16.5. The average Bonchev–Trinajstić information content (AvgIpc) is 2.52. The molecule has 0 heterocycles. The Morgan fingerprint density at radius 2 is 1.86 bits per heavy atom. The van der Waals surface area contributed by atoms with E-state index in [1.807, 2.05) is 54.6 Å². The third kappa shape index (κ3) is 3.72. The van der Waals surface area contributed by atoms with E-state index in [1.165, 1.54) is 0 Å². The van der Waals surface area contributed by atoms with Crippen molar-refractivity contribution in [2.45, 2.75) is 13.5 Å². The van der Waals surface area contributed by atoms with Crippen LogP contribution in [0.2, 0.25) is 0 Å². The molecule has 2 aromatic carbocycles. The summed E-state index contributed by atoms with van der Waals surface area (Å²) in [6.07, 6.45) is 0. The van der Waals surface area contributed by atoms with Gasteiger partial charge in [-0.3, -0.25) is 4.79 Å². The number of methoxy groups -OCH3 is 1. The Morgan fingerprint density at radius 1 is 1.14 bits per heavy atom. The molecule has 0 saturated carbocycles. The molecule has 3 nitrogen and oxygen atoms in total. The highest BCUT2D eigenvalue weighted by molar-refractivity contribution is 5.84. The lowest BCUT2D eigenvalue weighted by Crippen LogP contribution is -2.26. The van der Waals surface area contributed by atoms with E-state index in [2.05, 4.69) is 6.58 Å². The first-order chi connectivity index (χ1) is 10.1. The number of carbonyl (C=O) groups excluding carboxylic acids is 1. The monoisotopic (exact) mass is 281 g/mol. The summed E-state index contributed by atoms with van der Waals surface area (Å²) in [6.45, 7) is 6.12. The quantitative estimate of drug-likeness (QED) is 0.836. The summed E-state index contributed by atoms with van der Waals surface area (Å²) in [5.41, 5.74) is 2.61. The van der Waals surface area contributed by atoms with E-state index in [0.29, 0.717) is 12.2 Å². The van der Waals surface area contributed by atoms with E-state index in [0.717, 1.165) is 16.9 Å². The number of hydrogen-bond acceptors (Lipinski definition) is 2. The van der Waals surface area contributed by atoms with Crippen LogP contribution in [-0.2, 0) is 11.3 Å². The largest absolute Gasteiger partial charge is 0.497 e. The molecule has 0 aromatic heterocycles. The number of benzene rings is 2. The molecule has 108 valence electrons. The molecule has 0 bridgehead atoms. The van der Waals surface area contributed by atoms with E-state index in [4.69, 9.17) is 4.74 Å². The summed E-state index contributed by atoms with van der Waals surface area (Å²) in [5.74, 6) is 0.712. The van der Waals surface area contributed by atoms with Gasteiger partial charge in [0.05, 0.1) is 13.7 Å². The van der Waals surface area contributed by atoms with Crippen molar-refractivity contribution in [3.05, 3.63) is 72.3 Å². The molecular weight excluding hydrogens is 262 g/mol. The van der Waals surface area contributed by atoms with Crippen LogP contribution in [0.4, 0.5) is 0 Å². The number of nitrogens with zero attached hydrogens (tertiary/aromatic N) is 1. The van der Waals surface area contributed by atoms with Gasteiger partial charge < -0.3 is 9.64 Å². The van der Waals surface area contributed by atoms with Gasteiger partial charge >= 0.3 is 0 Å². The van der Waals surface area contributed by atoms with Crippen LogP contribution in [-0.4, -0.2) is 17.9 Å². The number of rotatable bonds is 5. The minimum atomic E-state index is -0.0355. The topological polar surface area (TPSA) is 29.5 Å². The van der Waals surface area contributed by atoms with Gasteiger partial charge in [-0.15, -0.1) is 0 Å². The van der Waals surface area contributed by atoms with E-state index in [9.17, 15) is 4.79 Å². The summed E-state index contributed by atoms with van der Waals surface area (Å²) < 4.78 is 5.22. The fourth-order valence-corrected chi connectivity index (χ4v) is 2.12. The second-order valence-electron chi connectivity index (χ2n) is 4.77. The first kappa shape index (κ1) is 14.9. The lowest BCUT2D eigenvalue weighted by molar-refractivity contribution is -0.126. The third-order valence-corrected chi connectivity index (χ3v) is 3.29. The van der Waals surface area contributed by atoms with Crippen molar-refractivity contribution in [2.24, 2.45) is 0 Å². The standard InChI is InChI=1S/C18H19NO2/c1-14(17-10-7-11-18(12-17)21-3)19(15(2)20)13-16-8-5-4-6-9-16/h4-12H,1,13H2,2-3H3. The predicted molar refractivity (Wildman–Crippen MR) is 84.7 cm³/mol. The molecule has 0 aliphatic carbocycles. The van der Waals surface area contributed by atoms with E-state index in [-0.39, 0.29) is 5.91 Å². The van der Waals surface area contributed by atoms with Gasteiger partial charge in [0, 0.05) is 18.2 Å². The van der Waals surface area contributed by atoms with Crippen LogP contribution in [0.25, 0.3) is 5.70 Å². The number of amides is 1. The van der Waals surface area contributed by atoms with Gasteiger partial charge in [0.25, 0.3) is 0 Å². The van der Waals surface area contributed by atoms with Crippen LogP contribution in [0.5, 0.6) is 5.75 Å². The summed E-state index contributed by atoms with van der Waals surface area (Å²) in [7, 11) is 1.62. The van der Waals surface area contributed by atoms with Crippen LogP contribution in [0.3, 0.4) is 0 Å². The molecule has 0 unspecified atom stereocenters. The maximum absolute atomic E-state index is 12.0. The maximum atomic E-state index is 12.0. The molecular formula is C18H19NO2. The molecule has 0 radical (unpaired) electrons. The zero-order chi connectivity index (χ0) is 15.2. The Kier molecular flexibility index (Phi) is 4.77. The van der Waals surface area contributed by atoms with Crippen LogP contribution in [0.15, 0.2) is 61.2 Å². The van der Waals surface area contributed by atoms with E-state index >= 15 is 0 Å². The van der Waals surface area contributed by atoms with Gasteiger partial charge in [0.1, 0.15) is 5.75 Å². The summed E-state index contributed by atoms with van der Waals surface area (Å²) in [5, 5.41) is 0. The zero-order valence-corrected chi connectivity index (χ0v) is 12.4. The Hall–Kier alpha value is -2.55. The van der Waals surface area contributed by atoms with Crippen molar-refractivity contribution in [3.8, 4) is 5.75 Å². The Morgan fingerprint density at radius 3 is 2.48 bits per heavy atom. The lowest BCUT2D eigenvalue weighted by Gasteiger charge is -2.24. The maximum Gasteiger partial charge on any atom is 0.224 e. The third-order valence-electron chi connectivity index (χ3n) is 3.29. The summed E-state index contributed by atoms with van der Waals surface area (Å²) >= 11 is 0. The lowest BCUT2D eigenvalue weighted by atomic mass is 10.1. The normalized spacial score (nSPS) is 10.0. The summed E-state index contributed by atoms with van der Waals surface area (Å²) in [4.78, 5) is 13.6. The van der Waals surface area contributed by atoms with Gasteiger partial charge in [0.15, 0.2) is 0 Å². The van der Waals surface area contributed by atoms with Crippen LogP contribution in [0.1, 0.15) is 18.1 Å². The zero-order valence-electron chi connectivity index (χ0n) is 12.4. The molecule has 2 aromatic rings. The van der Waals surface area contributed by atoms with Crippen molar-refractivity contribution >= 4 is 11.6 Å². The van der Waals surface area contributed by atoms with Crippen molar-refractivity contribution in [3.63, 3.8) is 0 Å². The molecule has 0 atom stereocenters. The molecule has 1 amide bonds. The highest BCUT2D eigenvalue weighted by Crippen LogP contribution is 2.23. The minimum Gasteiger partial charge on any atom is -0.497 e. The number of carbonyl (C=O) groups is 1. The molecule has 0 aliphatic heterocycles. The molecule has 0 aliphatic rings. The van der Waals surface area contributed by atoms with Gasteiger partial charge in [0.2, 0.25) is 5.91 Å². The molecule has 2 rings (SSSR count). The molecule has 21 heavy (non-hydrogen) atoms. The second kappa shape index (κ2) is 6.75. The molecule has 0 N–H and O–H groups in total. The fraction of sp³-hybridized carbons (Fsp3) is 0.167. The molecule has 0 saturated heterocycles. The number of hydrogen-bond donors (Lipinski definition) is 0. The van der Waals surface area contributed by atoms with Crippen molar-refractivity contribution in [2.75, 3.05) is 7.11 Å². The van der Waals surface area contributed by atoms with Crippen LogP contribution < -0.4 is 4.74 Å². The Bertz CT molecular complexity index is 635. The minimum absolute atomic E-state index is 0.0355. The first-order valence-electron chi connectivity index (χ1n) is 6.77. The highest BCUT2D eigenvalue weighted by Gasteiger charge is 2.15. The summed E-state index contributed by atoms with van der Waals surface area (Å²) in [6, 6.07) is 17.4. The average molecular weight is 281 g/mol. The smallest absolute Gasteiger partial charge is 0.224 e. The van der Waals surface area contributed by atoms with Gasteiger partial charge in [-0.1, -0.05) is 49.0 Å². The number of ether oxygens (including phenoxy) is 1. The molecule has 3 heteroatoms. The first-order valence-corrected chi connectivity index (χ1v) is 6.77. The predicted octanol–water partition coefficient (Wildman–Crippen LogP) is 3.71. The van der Waals surface area contributed by atoms with Crippen molar-refractivity contribution in [1.29, 1.82) is 0 Å². The van der Waals surface area contributed by atoms with Crippen LogP contribution >= 0.6 is 0 Å². The van der Waals surface area contributed by atoms with Crippen molar-refractivity contribution < 1.29 is 9.53 Å². The Labute approximate surface area is 125 Å². The SMILES string of the molecule is C=C(c1cccc(OC)c1)N(Cc1ccccc1)C(C)=O. The van der Waals surface area contributed by atoms with Crippen molar-refractivity contribution in [1.82, 2.24) is 4.90 Å². The van der Waals surface area contributed by atoms with Gasteiger partial charge in [-0.25, -0.2) is 0 Å². The Balaban J connectivity index is 2.25. The fourth-order valence-electron chi connectivity index (χ4n) is 2.12. The molecule has 0 fully saturated rings.